The molecule has 25 heavy (non-hydrogen) atoms. The summed E-state index contributed by atoms with van der Waals surface area (Å²) in [6.07, 6.45) is -9.26. The van der Waals surface area contributed by atoms with E-state index in [1.165, 1.54) is 4.90 Å². The fourth-order valence-electron chi connectivity index (χ4n) is 2.63. The van der Waals surface area contributed by atoms with Crippen LogP contribution in [-0.4, -0.2) is 44.4 Å². The highest BCUT2D eigenvalue weighted by atomic mass is 35.5. The molecular weight excluding hydrogens is 397 g/mol. The first-order chi connectivity index (χ1) is 10.6. The average molecular weight is 415 g/mol. The highest BCUT2D eigenvalue weighted by molar-refractivity contribution is 5.85. The van der Waals surface area contributed by atoms with Crippen LogP contribution in [0.3, 0.4) is 0 Å². The molecule has 0 aromatic heterocycles. The number of rotatable bonds is 3. The van der Waals surface area contributed by atoms with E-state index in [4.69, 9.17) is 4.74 Å². The Hall–Kier alpha value is -0.900. The van der Waals surface area contributed by atoms with E-state index in [1.54, 1.807) is 0 Å². The van der Waals surface area contributed by atoms with Crippen molar-refractivity contribution < 1.29 is 31.1 Å². The molecule has 0 bridgehead atoms. The summed E-state index contributed by atoms with van der Waals surface area (Å²) in [5.74, 6) is -0.416. The minimum atomic E-state index is -4.64. The van der Waals surface area contributed by atoms with E-state index in [1.807, 2.05) is 0 Å². The lowest BCUT2D eigenvalue weighted by Gasteiger charge is -2.36. The van der Waals surface area contributed by atoms with Crippen molar-refractivity contribution in [2.45, 2.75) is 18.4 Å². The number of nitrogens with zero attached hydrogens (tertiary/aromatic N) is 1. The Bertz CT molecular complexity index is 547. The van der Waals surface area contributed by atoms with Crippen molar-refractivity contribution in [3.05, 3.63) is 29.3 Å². The number of halogens is 8. The molecule has 3 nitrogen and oxygen atoms in total. The predicted molar refractivity (Wildman–Crippen MR) is 85.7 cm³/mol. The second-order valence-electron chi connectivity index (χ2n) is 5.18. The molecule has 1 saturated heterocycles. The van der Waals surface area contributed by atoms with Crippen molar-refractivity contribution >= 4 is 24.8 Å². The summed E-state index contributed by atoms with van der Waals surface area (Å²) in [5.41, 5.74) is -1.35. The molecule has 2 rings (SSSR count). The van der Waals surface area contributed by atoms with E-state index in [9.17, 15) is 26.3 Å². The molecule has 1 aromatic rings. The van der Waals surface area contributed by atoms with Gasteiger partial charge in [0.2, 0.25) is 0 Å². The van der Waals surface area contributed by atoms with Crippen molar-refractivity contribution in [3.63, 3.8) is 0 Å². The first-order valence-electron chi connectivity index (χ1n) is 6.91. The Balaban J connectivity index is 0.00000288. The van der Waals surface area contributed by atoms with Crippen LogP contribution in [0.25, 0.3) is 0 Å². The van der Waals surface area contributed by atoms with E-state index in [0.29, 0.717) is 25.2 Å². The lowest BCUT2D eigenvalue weighted by Crippen LogP contribution is -2.49. The predicted octanol–water partition coefficient (Wildman–Crippen LogP) is 4.07. The molecule has 0 radical (unpaired) electrons. The Kier molecular flexibility index (Phi) is 8.83. The van der Waals surface area contributed by atoms with Crippen LogP contribution in [0.4, 0.5) is 26.3 Å². The highest BCUT2D eigenvalue weighted by Gasteiger charge is 2.46. The molecule has 1 aliphatic heterocycles. The number of alkyl halides is 6. The zero-order valence-corrected chi connectivity index (χ0v) is 14.7. The minimum absolute atomic E-state index is 0. The van der Waals surface area contributed by atoms with Gasteiger partial charge in [-0.05, 0) is 12.1 Å². The summed E-state index contributed by atoms with van der Waals surface area (Å²) >= 11 is 0. The van der Waals surface area contributed by atoms with E-state index in [0.717, 1.165) is 13.2 Å². The summed E-state index contributed by atoms with van der Waals surface area (Å²) in [7, 11) is 1.06. The van der Waals surface area contributed by atoms with Crippen molar-refractivity contribution in [1.29, 1.82) is 0 Å². The summed E-state index contributed by atoms with van der Waals surface area (Å²) < 4.78 is 83.5. The maximum absolute atomic E-state index is 13.5. The molecule has 1 aromatic carbocycles. The smallest absolute Gasteiger partial charge is 0.416 e. The molecular formula is C14H18Cl2F6N2O. The molecule has 1 aliphatic rings. The zero-order chi connectivity index (χ0) is 17.3. The zero-order valence-electron chi connectivity index (χ0n) is 13.1. The van der Waals surface area contributed by atoms with Crippen molar-refractivity contribution in [3.8, 4) is 5.75 Å². The van der Waals surface area contributed by atoms with Crippen LogP contribution in [0.15, 0.2) is 18.2 Å². The van der Waals surface area contributed by atoms with Gasteiger partial charge in [0.15, 0.2) is 0 Å². The Morgan fingerprint density at radius 1 is 1.04 bits per heavy atom. The van der Waals surface area contributed by atoms with Crippen molar-refractivity contribution in [2.24, 2.45) is 0 Å². The van der Waals surface area contributed by atoms with Gasteiger partial charge in [-0.25, -0.2) is 0 Å². The topological polar surface area (TPSA) is 24.5 Å². The normalized spacial score (nSPS) is 17.2. The molecule has 1 heterocycles. The van der Waals surface area contributed by atoms with Crippen LogP contribution in [-0.2, 0) is 6.18 Å². The number of piperazine rings is 1. The minimum Gasteiger partial charge on any atom is -0.496 e. The van der Waals surface area contributed by atoms with Crippen molar-refractivity contribution in [2.75, 3.05) is 33.3 Å². The molecule has 1 N–H and O–H groups in total. The van der Waals surface area contributed by atoms with Crippen molar-refractivity contribution in [1.82, 2.24) is 10.2 Å². The molecule has 11 heteroatoms. The average Bonchev–Trinajstić information content (AvgIpc) is 2.46. The van der Waals surface area contributed by atoms with Gasteiger partial charge in [0.1, 0.15) is 11.8 Å². The fourth-order valence-corrected chi connectivity index (χ4v) is 2.63. The number of ether oxygens (including phenoxy) is 1. The monoisotopic (exact) mass is 414 g/mol. The Labute approximate surface area is 153 Å². The van der Waals surface area contributed by atoms with Gasteiger partial charge in [-0.3, -0.25) is 4.90 Å². The van der Waals surface area contributed by atoms with E-state index < -0.39 is 29.7 Å². The quantitative estimate of drug-likeness (QED) is 0.754. The van der Waals surface area contributed by atoms with Gasteiger partial charge in [0, 0.05) is 31.7 Å². The van der Waals surface area contributed by atoms with Gasteiger partial charge in [-0.2, -0.15) is 26.3 Å². The van der Waals surface area contributed by atoms with Crippen LogP contribution in [0, 0.1) is 0 Å². The summed E-state index contributed by atoms with van der Waals surface area (Å²) in [6.45, 7) is 1.06. The largest absolute Gasteiger partial charge is 0.496 e. The first kappa shape index (κ1) is 24.1. The molecule has 0 spiro atoms. The molecule has 1 fully saturated rings. The fraction of sp³-hybridized carbons (Fsp3) is 0.571. The third-order valence-electron chi connectivity index (χ3n) is 3.68. The number of methoxy groups -OCH3 is 1. The highest BCUT2D eigenvalue weighted by Crippen LogP contribution is 2.43. The third-order valence-corrected chi connectivity index (χ3v) is 3.68. The molecule has 1 atom stereocenters. The lowest BCUT2D eigenvalue weighted by atomic mass is 10.0. The Morgan fingerprint density at radius 3 is 2.04 bits per heavy atom. The van der Waals surface area contributed by atoms with Crippen LogP contribution < -0.4 is 10.1 Å². The molecule has 0 amide bonds. The van der Waals surface area contributed by atoms with Gasteiger partial charge in [0.05, 0.1) is 12.7 Å². The number of hydrogen-bond donors (Lipinski definition) is 1. The van der Waals surface area contributed by atoms with Crippen LogP contribution in [0.2, 0.25) is 0 Å². The van der Waals surface area contributed by atoms with Gasteiger partial charge in [-0.15, -0.1) is 24.8 Å². The van der Waals surface area contributed by atoms with E-state index in [2.05, 4.69) is 5.32 Å². The number of hydrogen-bond acceptors (Lipinski definition) is 3. The SMILES string of the molecule is COc1cc(C(F)(F)F)ccc1[C@H](N1CCNCC1)C(F)(F)F.Cl.Cl. The number of benzene rings is 1. The van der Waals surface area contributed by atoms with Crippen LogP contribution in [0.5, 0.6) is 5.75 Å². The molecule has 146 valence electrons. The van der Waals surface area contributed by atoms with E-state index >= 15 is 0 Å². The summed E-state index contributed by atoms with van der Waals surface area (Å²) in [5, 5.41) is 2.94. The standard InChI is InChI=1S/C14H16F6N2O.2ClH/c1-23-11-8-9(13(15,16)17)2-3-10(11)12(14(18,19)20)22-6-4-21-5-7-22;;/h2-3,8,12,21H,4-7H2,1H3;2*1H/t12-;;/m0../s1. The Morgan fingerprint density at radius 2 is 1.60 bits per heavy atom. The maximum atomic E-state index is 13.5. The maximum Gasteiger partial charge on any atom is 0.416 e. The summed E-state index contributed by atoms with van der Waals surface area (Å²) in [4.78, 5) is 1.20. The summed E-state index contributed by atoms with van der Waals surface area (Å²) in [6, 6.07) is 0.110. The third kappa shape index (κ3) is 5.80. The number of nitrogens with one attached hydrogen (secondary N) is 1. The van der Waals surface area contributed by atoms with Gasteiger partial charge in [-0.1, -0.05) is 6.07 Å². The van der Waals surface area contributed by atoms with Gasteiger partial charge in [0.25, 0.3) is 0 Å². The van der Waals surface area contributed by atoms with Gasteiger partial charge >= 0.3 is 12.4 Å². The molecule has 0 unspecified atom stereocenters. The molecule has 0 saturated carbocycles. The van der Waals surface area contributed by atoms with E-state index in [-0.39, 0.29) is 43.5 Å². The second kappa shape index (κ2) is 9.16. The van der Waals surface area contributed by atoms with Crippen LogP contribution in [0.1, 0.15) is 17.2 Å². The lowest BCUT2D eigenvalue weighted by molar-refractivity contribution is -0.188. The van der Waals surface area contributed by atoms with Gasteiger partial charge < -0.3 is 10.1 Å². The van der Waals surface area contributed by atoms with Crippen LogP contribution >= 0.6 is 24.8 Å². The second-order valence-corrected chi connectivity index (χ2v) is 5.18. The molecule has 0 aliphatic carbocycles. The first-order valence-corrected chi connectivity index (χ1v) is 6.91.